The molecule has 1 aliphatic heterocycles. The van der Waals surface area contributed by atoms with E-state index in [2.05, 4.69) is 10.9 Å². The standard InChI is InChI=1S/C11H17N3O2S/c1-14(9-10-5-3-2-4-6-10)17(15,16)11-7-12-13-8-11/h2-6,11-13H,7-9H2,1H3. The van der Waals surface area contributed by atoms with Crippen molar-refractivity contribution in [3.63, 3.8) is 0 Å². The Bertz CT molecular complexity index is 455. The van der Waals surface area contributed by atoms with Crippen LogP contribution in [-0.2, 0) is 16.6 Å². The number of hydrogen-bond acceptors (Lipinski definition) is 4. The monoisotopic (exact) mass is 255 g/mol. The summed E-state index contributed by atoms with van der Waals surface area (Å²) in [6.07, 6.45) is 0. The van der Waals surface area contributed by atoms with Gasteiger partial charge >= 0.3 is 0 Å². The van der Waals surface area contributed by atoms with Crippen LogP contribution in [0, 0.1) is 0 Å². The summed E-state index contributed by atoms with van der Waals surface area (Å²) in [7, 11) is -1.60. The molecule has 5 nitrogen and oxygen atoms in total. The van der Waals surface area contributed by atoms with E-state index in [1.807, 2.05) is 30.3 Å². The minimum absolute atomic E-state index is 0.379. The van der Waals surface area contributed by atoms with Crippen LogP contribution in [0.15, 0.2) is 30.3 Å². The molecule has 1 aliphatic rings. The second-order valence-electron chi connectivity index (χ2n) is 4.17. The van der Waals surface area contributed by atoms with Gasteiger partial charge < -0.3 is 0 Å². The van der Waals surface area contributed by atoms with Crippen molar-refractivity contribution in [2.75, 3.05) is 20.1 Å². The highest BCUT2D eigenvalue weighted by Gasteiger charge is 2.32. The second kappa shape index (κ2) is 5.14. The summed E-state index contributed by atoms with van der Waals surface area (Å²) in [4.78, 5) is 0. The molecule has 0 saturated carbocycles. The van der Waals surface area contributed by atoms with Crippen molar-refractivity contribution in [2.45, 2.75) is 11.8 Å². The lowest BCUT2D eigenvalue weighted by Crippen LogP contribution is -2.38. The maximum atomic E-state index is 12.2. The third-order valence-electron chi connectivity index (χ3n) is 2.89. The molecule has 0 aliphatic carbocycles. The fraction of sp³-hybridized carbons (Fsp3) is 0.455. The average molecular weight is 255 g/mol. The van der Waals surface area contributed by atoms with Crippen LogP contribution in [0.5, 0.6) is 0 Å². The molecule has 0 atom stereocenters. The molecule has 1 fully saturated rings. The van der Waals surface area contributed by atoms with E-state index in [1.54, 1.807) is 7.05 Å². The van der Waals surface area contributed by atoms with E-state index in [0.717, 1.165) is 5.56 Å². The molecule has 0 spiro atoms. The van der Waals surface area contributed by atoms with E-state index in [4.69, 9.17) is 0 Å². The van der Waals surface area contributed by atoms with Crippen LogP contribution in [0.1, 0.15) is 5.56 Å². The van der Waals surface area contributed by atoms with Crippen LogP contribution in [0.4, 0.5) is 0 Å². The minimum Gasteiger partial charge on any atom is -0.256 e. The molecule has 0 unspecified atom stereocenters. The fourth-order valence-corrected chi connectivity index (χ4v) is 3.27. The number of sulfonamides is 1. The molecule has 1 aromatic carbocycles. The van der Waals surface area contributed by atoms with Crippen LogP contribution >= 0.6 is 0 Å². The predicted octanol–water partition coefficient (Wildman–Crippen LogP) is -0.0754. The Morgan fingerprint density at radius 3 is 2.41 bits per heavy atom. The molecule has 0 radical (unpaired) electrons. The maximum absolute atomic E-state index is 12.2. The van der Waals surface area contributed by atoms with Crippen molar-refractivity contribution in [1.82, 2.24) is 15.2 Å². The molecule has 0 amide bonds. The van der Waals surface area contributed by atoms with Gasteiger partial charge in [-0.25, -0.2) is 12.7 Å². The summed E-state index contributed by atoms with van der Waals surface area (Å²) in [5.74, 6) is 0. The predicted molar refractivity (Wildman–Crippen MR) is 66.6 cm³/mol. The molecule has 1 aromatic rings. The van der Waals surface area contributed by atoms with Crippen molar-refractivity contribution < 1.29 is 8.42 Å². The Morgan fingerprint density at radius 1 is 1.24 bits per heavy atom. The minimum atomic E-state index is -3.23. The van der Waals surface area contributed by atoms with Gasteiger partial charge in [-0.1, -0.05) is 30.3 Å². The maximum Gasteiger partial charge on any atom is 0.219 e. The quantitative estimate of drug-likeness (QED) is 0.790. The zero-order chi connectivity index (χ0) is 12.3. The molecule has 0 aromatic heterocycles. The molecule has 2 rings (SSSR count). The lowest BCUT2D eigenvalue weighted by molar-refractivity contribution is 0.458. The summed E-state index contributed by atoms with van der Waals surface area (Å²) >= 11 is 0. The summed E-state index contributed by atoms with van der Waals surface area (Å²) in [5, 5.41) is -0.379. The van der Waals surface area contributed by atoms with Crippen molar-refractivity contribution in [3.05, 3.63) is 35.9 Å². The SMILES string of the molecule is CN(Cc1ccccc1)S(=O)(=O)C1CNNC1. The highest BCUT2D eigenvalue weighted by molar-refractivity contribution is 7.89. The Kier molecular flexibility index (Phi) is 3.78. The molecule has 1 heterocycles. The smallest absolute Gasteiger partial charge is 0.219 e. The van der Waals surface area contributed by atoms with Gasteiger partial charge in [0.25, 0.3) is 0 Å². The Hall–Kier alpha value is -0.950. The van der Waals surface area contributed by atoms with Crippen molar-refractivity contribution >= 4 is 10.0 Å². The zero-order valence-electron chi connectivity index (χ0n) is 9.76. The third kappa shape index (κ3) is 2.84. The van der Waals surface area contributed by atoms with Crippen LogP contribution < -0.4 is 10.9 Å². The average Bonchev–Trinajstić information content (AvgIpc) is 2.84. The van der Waals surface area contributed by atoms with Gasteiger partial charge in [-0.3, -0.25) is 10.9 Å². The molecule has 2 N–H and O–H groups in total. The molecule has 17 heavy (non-hydrogen) atoms. The number of hydrazine groups is 1. The Balaban J connectivity index is 2.06. The van der Waals surface area contributed by atoms with Crippen LogP contribution in [0.3, 0.4) is 0 Å². The van der Waals surface area contributed by atoms with Gasteiger partial charge in [0.2, 0.25) is 10.0 Å². The van der Waals surface area contributed by atoms with Gasteiger partial charge in [0.05, 0.1) is 0 Å². The molecule has 0 bridgehead atoms. The van der Waals surface area contributed by atoms with Crippen molar-refractivity contribution in [2.24, 2.45) is 0 Å². The highest BCUT2D eigenvalue weighted by atomic mass is 32.2. The van der Waals surface area contributed by atoms with E-state index >= 15 is 0 Å². The van der Waals surface area contributed by atoms with Crippen LogP contribution in [0.2, 0.25) is 0 Å². The van der Waals surface area contributed by atoms with Crippen LogP contribution in [-0.4, -0.2) is 38.1 Å². The highest BCUT2D eigenvalue weighted by Crippen LogP contribution is 2.12. The van der Waals surface area contributed by atoms with Gasteiger partial charge in [-0.2, -0.15) is 0 Å². The van der Waals surface area contributed by atoms with E-state index in [-0.39, 0.29) is 5.25 Å². The normalized spacial score (nSPS) is 17.8. The lowest BCUT2D eigenvalue weighted by Gasteiger charge is -2.20. The molecule has 1 saturated heterocycles. The summed E-state index contributed by atoms with van der Waals surface area (Å²) in [6.45, 7) is 1.34. The van der Waals surface area contributed by atoms with Gasteiger partial charge in [0.1, 0.15) is 5.25 Å². The lowest BCUT2D eigenvalue weighted by atomic mass is 10.2. The number of hydrogen-bond donors (Lipinski definition) is 2. The van der Waals surface area contributed by atoms with E-state index in [0.29, 0.717) is 19.6 Å². The zero-order valence-corrected chi connectivity index (χ0v) is 10.6. The van der Waals surface area contributed by atoms with E-state index in [9.17, 15) is 8.42 Å². The van der Waals surface area contributed by atoms with Crippen molar-refractivity contribution in [3.8, 4) is 0 Å². The molecule has 6 heteroatoms. The van der Waals surface area contributed by atoms with Crippen LogP contribution in [0.25, 0.3) is 0 Å². The fourth-order valence-electron chi connectivity index (χ4n) is 1.84. The summed E-state index contributed by atoms with van der Waals surface area (Å²) in [5.41, 5.74) is 6.68. The number of rotatable bonds is 4. The largest absolute Gasteiger partial charge is 0.256 e. The number of nitrogens with one attached hydrogen (secondary N) is 2. The second-order valence-corrected chi connectivity index (χ2v) is 6.49. The first kappa shape index (κ1) is 12.5. The first-order chi connectivity index (χ1) is 8.10. The third-order valence-corrected chi connectivity index (χ3v) is 5.06. The van der Waals surface area contributed by atoms with E-state index in [1.165, 1.54) is 4.31 Å². The Morgan fingerprint density at radius 2 is 1.82 bits per heavy atom. The molecular weight excluding hydrogens is 238 g/mol. The molecule has 94 valence electrons. The van der Waals surface area contributed by atoms with Crippen molar-refractivity contribution in [1.29, 1.82) is 0 Å². The first-order valence-corrected chi connectivity index (χ1v) is 7.06. The van der Waals surface area contributed by atoms with Gasteiger partial charge in [-0.15, -0.1) is 0 Å². The van der Waals surface area contributed by atoms with Gasteiger partial charge in [-0.05, 0) is 5.56 Å². The summed E-state index contributed by atoms with van der Waals surface area (Å²) in [6, 6.07) is 9.60. The Labute approximate surface area is 102 Å². The van der Waals surface area contributed by atoms with Gasteiger partial charge in [0.15, 0.2) is 0 Å². The topological polar surface area (TPSA) is 61.4 Å². The van der Waals surface area contributed by atoms with E-state index < -0.39 is 10.0 Å². The number of nitrogens with zero attached hydrogens (tertiary/aromatic N) is 1. The summed E-state index contributed by atoms with van der Waals surface area (Å²) < 4.78 is 25.8. The number of benzene rings is 1. The van der Waals surface area contributed by atoms with Gasteiger partial charge in [0, 0.05) is 26.7 Å². The molecular formula is C11H17N3O2S. The first-order valence-electron chi connectivity index (χ1n) is 5.55.